The van der Waals surface area contributed by atoms with Crippen LogP contribution in [0.3, 0.4) is 0 Å². The first-order valence-corrected chi connectivity index (χ1v) is 6.70. The molecular weight excluding hydrogens is 208 g/mol. The van der Waals surface area contributed by atoms with Crippen LogP contribution in [-0.2, 0) is 6.54 Å². The average Bonchev–Trinajstić information content (AvgIpc) is 2.86. The molecule has 0 saturated heterocycles. The summed E-state index contributed by atoms with van der Waals surface area (Å²) in [7, 11) is 0. The molecule has 2 heteroatoms. The maximum atomic E-state index is 4.56. The molecule has 1 aliphatic heterocycles. The van der Waals surface area contributed by atoms with Gasteiger partial charge in [-0.1, -0.05) is 20.8 Å². The summed E-state index contributed by atoms with van der Waals surface area (Å²) in [5.41, 5.74) is 4.16. The molecule has 90 valence electrons. The minimum atomic E-state index is 0.502. The highest BCUT2D eigenvalue weighted by Crippen LogP contribution is 2.37. The standard InChI is InChI=1S/C15H20N2/c1-4-11-6-8-17-13-5-7-16-15(10(2)3)12(13)9-14(11)17/h5,7,9-11H,4,6,8H2,1-3H3. The normalized spacial score (nSPS) is 19.2. The summed E-state index contributed by atoms with van der Waals surface area (Å²) in [6.07, 6.45) is 4.52. The molecule has 17 heavy (non-hydrogen) atoms. The van der Waals surface area contributed by atoms with Crippen molar-refractivity contribution in [3.8, 4) is 0 Å². The number of fused-ring (bicyclic) bond motifs is 3. The Kier molecular flexibility index (Phi) is 2.46. The molecule has 0 fully saturated rings. The highest BCUT2D eigenvalue weighted by molar-refractivity contribution is 5.84. The number of pyridine rings is 1. The van der Waals surface area contributed by atoms with Crippen LogP contribution in [0.1, 0.15) is 56.8 Å². The van der Waals surface area contributed by atoms with E-state index < -0.39 is 0 Å². The first-order chi connectivity index (χ1) is 8.22. The third-order valence-corrected chi connectivity index (χ3v) is 4.05. The first-order valence-electron chi connectivity index (χ1n) is 6.70. The maximum absolute atomic E-state index is 4.56. The molecule has 1 atom stereocenters. The molecule has 0 spiro atoms. The Bertz CT molecular complexity index is 551. The molecule has 2 aromatic rings. The summed E-state index contributed by atoms with van der Waals surface area (Å²) < 4.78 is 2.50. The van der Waals surface area contributed by atoms with Crippen molar-refractivity contribution in [1.29, 1.82) is 0 Å². The minimum absolute atomic E-state index is 0.502. The summed E-state index contributed by atoms with van der Waals surface area (Å²) in [5.74, 6) is 1.25. The number of hydrogen-bond donors (Lipinski definition) is 0. The molecule has 1 aliphatic rings. The van der Waals surface area contributed by atoms with Crippen molar-refractivity contribution < 1.29 is 0 Å². The zero-order valence-corrected chi connectivity index (χ0v) is 10.9. The summed E-state index contributed by atoms with van der Waals surface area (Å²) in [5, 5.41) is 1.37. The number of nitrogens with zero attached hydrogens (tertiary/aromatic N) is 2. The average molecular weight is 228 g/mol. The number of rotatable bonds is 2. The van der Waals surface area contributed by atoms with E-state index in [1.54, 1.807) is 0 Å². The van der Waals surface area contributed by atoms with E-state index in [1.165, 1.54) is 41.7 Å². The number of aryl methyl sites for hydroxylation is 1. The van der Waals surface area contributed by atoms with E-state index >= 15 is 0 Å². The second kappa shape index (κ2) is 3.86. The molecule has 0 aliphatic carbocycles. The quantitative estimate of drug-likeness (QED) is 0.758. The van der Waals surface area contributed by atoms with Gasteiger partial charge in [0.25, 0.3) is 0 Å². The second-order valence-electron chi connectivity index (χ2n) is 5.40. The monoisotopic (exact) mass is 228 g/mol. The Morgan fingerprint density at radius 1 is 1.47 bits per heavy atom. The molecule has 0 radical (unpaired) electrons. The Hall–Kier alpha value is -1.31. The van der Waals surface area contributed by atoms with Gasteiger partial charge in [0.15, 0.2) is 0 Å². The van der Waals surface area contributed by atoms with Gasteiger partial charge in [-0.05, 0) is 30.9 Å². The largest absolute Gasteiger partial charge is 0.344 e. The van der Waals surface area contributed by atoms with E-state index in [0.717, 1.165) is 5.92 Å². The van der Waals surface area contributed by atoms with E-state index in [4.69, 9.17) is 0 Å². The lowest BCUT2D eigenvalue weighted by atomic mass is 10.00. The zero-order chi connectivity index (χ0) is 12.0. The molecular formula is C15H20N2. The highest BCUT2D eigenvalue weighted by Gasteiger charge is 2.24. The van der Waals surface area contributed by atoms with Gasteiger partial charge in [-0.25, -0.2) is 0 Å². The van der Waals surface area contributed by atoms with Gasteiger partial charge >= 0.3 is 0 Å². The second-order valence-corrected chi connectivity index (χ2v) is 5.40. The third kappa shape index (κ3) is 1.50. The van der Waals surface area contributed by atoms with E-state index in [2.05, 4.69) is 42.5 Å². The molecule has 3 rings (SSSR count). The van der Waals surface area contributed by atoms with Gasteiger partial charge in [-0.15, -0.1) is 0 Å². The van der Waals surface area contributed by atoms with Gasteiger partial charge in [0.2, 0.25) is 0 Å². The van der Waals surface area contributed by atoms with Gasteiger partial charge in [0, 0.05) is 29.7 Å². The van der Waals surface area contributed by atoms with Crippen LogP contribution < -0.4 is 0 Å². The van der Waals surface area contributed by atoms with E-state index in [9.17, 15) is 0 Å². The molecule has 2 aromatic heterocycles. The van der Waals surface area contributed by atoms with Gasteiger partial charge < -0.3 is 4.57 Å². The third-order valence-electron chi connectivity index (χ3n) is 4.05. The summed E-state index contributed by atoms with van der Waals surface area (Å²) in [6, 6.07) is 4.56. The predicted octanol–water partition coefficient (Wildman–Crippen LogP) is 4.06. The van der Waals surface area contributed by atoms with Crippen molar-refractivity contribution in [2.75, 3.05) is 0 Å². The lowest BCUT2D eigenvalue weighted by Gasteiger charge is -2.06. The SMILES string of the molecule is CCC1CCn2c1cc1c(C(C)C)nccc12. The molecule has 0 saturated carbocycles. The predicted molar refractivity (Wildman–Crippen MR) is 71.5 cm³/mol. The molecule has 3 heterocycles. The smallest absolute Gasteiger partial charge is 0.0522 e. The fraction of sp³-hybridized carbons (Fsp3) is 0.533. The van der Waals surface area contributed by atoms with E-state index in [1.807, 2.05) is 6.20 Å². The van der Waals surface area contributed by atoms with E-state index in [0.29, 0.717) is 5.92 Å². The lowest BCUT2D eigenvalue weighted by molar-refractivity contribution is 0.646. The maximum Gasteiger partial charge on any atom is 0.0522 e. The molecule has 1 unspecified atom stereocenters. The number of aromatic nitrogens is 2. The fourth-order valence-electron chi connectivity index (χ4n) is 3.12. The van der Waals surface area contributed by atoms with Crippen LogP contribution in [0.4, 0.5) is 0 Å². The van der Waals surface area contributed by atoms with Crippen LogP contribution in [0.25, 0.3) is 10.9 Å². The summed E-state index contributed by atoms with van der Waals surface area (Å²) in [4.78, 5) is 4.56. The summed E-state index contributed by atoms with van der Waals surface area (Å²) in [6.45, 7) is 7.92. The van der Waals surface area contributed by atoms with Crippen molar-refractivity contribution in [2.24, 2.45) is 0 Å². The minimum Gasteiger partial charge on any atom is -0.344 e. The van der Waals surface area contributed by atoms with Crippen molar-refractivity contribution in [3.63, 3.8) is 0 Å². The van der Waals surface area contributed by atoms with E-state index in [-0.39, 0.29) is 0 Å². The molecule has 0 amide bonds. The fourth-order valence-corrected chi connectivity index (χ4v) is 3.12. The number of hydrogen-bond acceptors (Lipinski definition) is 1. The Morgan fingerprint density at radius 2 is 2.29 bits per heavy atom. The molecule has 0 bridgehead atoms. The Morgan fingerprint density at radius 3 is 3.00 bits per heavy atom. The van der Waals surface area contributed by atoms with Crippen LogP contribution >= 0.6 is 0 Å². The Balaban J connectivity index is 2.25. The van der Waals surface area contributed by atoms with Crippen molar-refractivity contribution in [2.45, 2.75) is 52.0 Å². The van der Waals surface area contributed by atoms with Crippen molar-refractivity contribution >= 4 is 10.9 Å². The van der Waals surface area contributed by atoms with Gasteiger partial charge in [0.1, 0.15) is 0 Å². The van der Waals surface area contributed by atoms with Gasteiger partial charge in [0.05, 0.1) is 11.2 Å². The van der Waals surface area contributed by atoms with Crippen molar-refractivity contribution in [3.05, 3.63) is 29.7 Å². The topological polar surface area (TPSA) is 17.8 Å². The highest BCUT2D eigenvalue weighted by atomic mass is 15.0. The van der Waals surface area contributed by atoms with Gasteiger partial charge in [-0.3, -0.25) is 4.98 Å². The van der Waals surface area contributed by atoms with Crippen LogP contribution in [0.2, 0.25) is 0 Å². The summed E-state index contributed by atoms with van der Waals surface area (Å²) >= 11 is 0. The Labute approximate surface area is 103 Å². The van der Waals surface area contributed by atoms with Crippen molar-refractivity contribution in [1.82, 2.24) is 9.55 Å². The van der Waals surface area contributed by atoms with Crippen LogP contribution in [0.15, 0.2) is 18.3 Å². The molecule has 0 aromatic carbocycles. The zero-order valence-electron chi connectivity index (χ0n) is 10.9. The van der Waals surface area contributed by atoms with Crippen LogP contribution in [0.5, 0.6) is 0 Å². The molecule has 0 N–H and O–H groups in total. The first kappa shape index (κ1) is 10.8. The van der Waals surface area contributed by atoms with Crippen LogP contribution in [0, 0.1) is 0 Å². The lowest BCUT2D eigenvalue weighted by Crippen LogP contribution is -1.95. The van der Waals surface area contributed by atoms with Gasteiger partial charge in [-0.2, -0.15) is 0 Å². The molecule has 2 nitrogen and oxygen atoms in total. The van der Waals surface area contributed by atoms with Crippen LogP contribution in [-0.4, -0.2) is 9.55 Å².